The number of rotatable bonds is 3. The summed E-state index contributed by atoms with van der Waals surface area (Å²) in [5.41, 5.74) is 10.3. The molecule has 0 aliphatic heterocycles. The summed E-state index contributed by atoms with van der Waals surface area (Å²) in [7, 11) is 0. The van der Waals surface area contributed by atoms with Gasteiger partial charge in [-0.3, -0.25) is 0 Å². The highest BCUT2D eigenvalue weighted by molar-refractivity contribution is 9.10. The highest BCUT2D eigenvalue weighted by Gasteiger charge is 2.14. The van der Waals surface area contributed by atoms with Gasteiger partial charge < -0.3 is 5.73 Å². The average Bonchev–Trinajstić information content (AvgIpc) is 2.27. The normalized spacial score (nSPS) is 12.5. The molecule has 100 valence electrons. The Bertz CT molecular complexity index is 572. The molecule has 2 N–H and O–H groups in total. The first kappa shape index (κ1) is 14.2. The summed E-state index contributed by atoms with van der Waals surface area (Å²) >= 11 is 3.46. The van der Waals surface area contributed by atoms with E-state index in [4.69, 9.17) is 5.73 Å². The van der Waals surface area contributed by atoms with Crippen molar-refractivity contribution in [2.75, 3.05) is 0 Å². The Kier molecular flexibility index (Phi) is 4.38. The van der Waals surface area contributed by atoms with Gasteiger partial charge in [0.2, 0.25) is 0 Å². The van der Waals surface area contributed by atoms with Crippen molar-refractivity contribution in [3.8, 4) is 0 Å². The molecule has 0 saturated carbocycles. The lowest BCUT2D eigenvalue weighted by Crippen LogP contribution is -2.16. The first-order chi connectivity index (χ1) is 8.97. The Labute approximate surface area is 121 Å². The molecular weight excluding hydrogens is 305 g/mol. The van der Waals surface area contributed by atoms with Crippen LogP contribution in [-0.2, 0) is 6.42 Å². The molecule has 3 heteroatoms. The van der Waals surface area contributed by atoms with Crippen molar-refractivity contribution >= 4 is 15.9 Å². The zero-order valence-corrected chi connectivity index (χ0v) is 12.7. The van der Waals surface area contributed by atoms with E-state index in [1.54, 1.807) is 12.1 Å². The predicted octanol–water partition coefficient (Wildman–Crippen LogP) is 4.45. The SMILES string of the molecule is Cc1cc(F)cc(C)c1C(N)Cc1cccc(Br)c1. The van der Waals surface area contributed by atoms with Crippen molar-refractivity contribution < 1.29 is 4.39 Å². The van der Waals surface area contributed by atoms with E-state index >= 15 is 0 Å². The zero-order valence-electron chi connectivity index (χ0n) is 11.1. The third-order valence-electron chi connectivity index (χ3n) is 3.27. The fourth-order valence-corrected chi connectivity index (χ4v) is 2.97. The van der Waals surface area contributed by atoms with Crippen LogP contribution in [0.1, 0.15) is 28.3 Å². The van der Waals surface area contributed by atoms with E-state index in [1.165, 1.54) is 5.56 Å². The van der Waals surface area contributed by atoms with Gasteiger partial charge in [-0.05, 0) is 66.8 Å². The standard InChI is InChI=1S/C16H17BrFN/c1-10-6-14(18)7-11(2)16(10)15(19)9-12-4-3-5-13(17)8-12/h3-8,15H,9,19H2,1-2H3. The molecule has 19 heavy (non-hydrogen) atoms. The fraction of sp³-hybridized carbons (Fsp3) is 0.250. The zero-order chi connectivity index (χ0) is 14.0. The largest absolute Gasteiger partial charge is 0.324 e. The van der Waals surface area contributed by atoms with E-state index in [-0.39, 0.29) is 11.9 Å². The molecule has 1 atom stereocenters. The van der Waals surface area contributed by atoms with Gasteiger partial charge in [0.05, 0.1) is 0 Å². The second-order valence-electron chi connectivity index (χ2n) is 4.89. The monoisotopic (exact) mass is 321 g/mol. The predicted molar refractivity (Wildman–Crippen MR) is 80.6 cm³/mol. The van der Waals surface area contributed by atoms with Crippen LogP contribution < -0.4 is 5.73 Å². The van der Waals surface area contributed by atoms with Crippen LogP contribution >= 0.6 is 15.9 Å². The van der Waals surface area contributed by atoms with E-state index in [9.17, 15) is 4.39 Å². The summed E-state index contributed by atoms with van der Waals surface area (Å²) in [6.07, 6.45) is 0.743. The Balaban J connectivity index is 2.28. The van der Waals surface area contributed by atoms with E-state index in [0.717, 1.165) is 27.6 Å². The lowest BCUT2D eigenvalue weighted by molar-refractivity contribution is 0.620. The van der Waals surface area contributed by atoms with Crippen LogP contribution in [0.15, 0.2) is 40.9 Å². The molecule has 2 aromatic rings. The van der Waals surface area contributed by atoms with Crippen molar-refractivity contribution in [2.45, 2.75) is 26.3 Å². The maximum absolute atomic E-state index is 13.3. The van der Waals surface area contributed by atoms with Gasteiger partial charge in [-0.1, -0.05) is 28.1 Å². The van der Waals surface area contributed by atoms with Crippen LogP contribution in [0.25, 0.3) is 0 Å². The van der Waals surface area contributed by atoms with Gasteiger partial charge in [0.1, 0.15) is 5.82 Å². The Hall–Kier alpha value is -1.19. The van der Waals surface area contributed by atoms with Gasteiger partial charge in [0.15, 0.2) is 0 Å². The maximum atomic E-state index is 13.3. The lowest BCUT2D eigenvalue weighted by Gasteiger charge is -2.18. The molecule has 0 spiro atoms. The van der Waals surface area contributed by atoms with E-state index in [0.29, 0.717) is 0 Å². The van der Waals surface area contributed by atoms with Gasteiger partial charge in [0, 0.05) is 10.5 Å². The van der Waals surface area contributed by atoms with Gasteiger partial charge in [-0.2, -0.15) is 0 Å². The molecule has 0 fully saturated rings. The van der Waals surface area contributed by atoms with Gasteiger partial charge in [-0.25, -0.2) is 4.39 Å². The van der Waals surface area contributed by atoms with Gasteiger partial charge in [-0.15, -0.1) is 0 Å². The first-order valence-corrected chi connectivity index (χ1v) is 7.03. The molecule has 0 heterocycles. The van der Waals surface area contributed by atoms with Crippen LogP contribution in [-0.4, -0.2) is 0 Å². The van der Waals surface area contributed by atoms with Crippen LogP contribution in [0, 0.1) is 19.7 Å². The van der Waals surface area contributed by atoms with Gasteiger partial charge >= 0.3 is 0 Å². The molecule has 1 unspecified atom stereocenters. The van der Waals surface area contributed by atoms with Crippen molar-refractivity contribution in [3.63, 3.8) is 0 Å². The first-order valence-electron chi connectivity index (χ1n) is 6.24. The molecule has 0 amide bonds. The molecule has 1 nitrogen and oxygen atoms in total. The molecule has 2 aromatic carbocycles. The summed E-state index contributed by atoms with van der Waals surface area (Å²) in [6, 6.07) is 11.1. The van der Waals surface area contributed by atoms with Crippen molar-refractivity contribution in [1.82, 2.24) is 0 Å². The molecule has 0 aliphatic rings. The quantitative estimate of drug-likeness (QED) is 0.888. The summed E-state index contributed by atoms with van der Waals surface area (Å²) in [6.45, 7) is 3.82. The molecular formula is C16H17BrFN. The van der Waals surface area contributed by atoms with Crippen LogP contribution in [0.5, 0.6) is 0 Å². The number of hydrogen-bond acceptors (Lipinski definition) is 1. The third kappa shape index (κ3) is 3.43. The summed E-state index contributed by atoms with van der Waals surface area (Å²) in [4.78, 5) is 0. The number of nitrogens with two attached hydrogens (primary N) is 1. The van der Waals surface area contributed by atoms with E-state index in [2.05, 4.69) is 28.1 Å². The minimum Gasteiger partial charge on any atom is -0.324 e. The minimum absolute atomic E-state index is 0.116. The topological polar surface area (TPSA) is 26.0 Å². The summed E-state index contributed by atoms with van der Waals surface area (Å²) in [5.74, 6) is -0.201. The minimum atomic E-state index is -0.201. The maximum Gasteiger partial charge on any atom is 0.123 e. The molecule has 0 aromatic heterocycles. The second kappa shape index (κ2) is 5.85. The number of hydrogen-bond donors (Lipinski definition) is 1. The number of aryl methyl sites for hydroxylation is 2. The highest BCUT2D eigenvalue weighted by atomic mass is 79.9. The third-order valence-corrected chi connectivity index (χ3v) is 3.77. The van der Waals surface area contributed by atoms with Crippen LogP contribution in [0.2, 0.25) is 0 Å². The summed E-state index contributed by atoms with van der Waals surface area (Å²) < 4.78 is 14.4. The molecule has 0 saturated heterocycles. The lowest BCUT2D eigenvalue weighted by atomic mass is 9.92. The van der Waals surface area contributed by atoms with Gasteiger partial charge in [0.25, 0.3) is 0 Å². The van der Waals surface area contributed by atoms with E-state index in [1.807, 2.05) is 26.0 Å². The Morgan fingerprint density at radius 3 is 2.37 bits per heavy atom. The smallest absolute Gasteiger partial charge is 0.123 e. The summed E-state index contributed by atoms with van der Waals surface area (Å²) in [5, 5.41) is 0. The molecule has 0 radical (unpaired) electrons. The Morgan fingerprint density at radius 2 is 1.79 bits per heavy atom. The fourth-order valence-electron chi connectivity index (χ4n) is 2.53. The Morgan fingerprint density at radius 1 is 1.16 bits per heavy atom. The average molecular weight is 322 g/mol. The van der Waals surface area contributed by atoms with Crippen molar-refractivity contribution in [1.29, 1.82) is 0 Å². The van der Waals surface area contributed by atoms with Crippen molar-refractivity contribution in [3.05, 3.63) is 68.9 Å². The van der Waals surface area contributed by atoms with Crippen LogP contribution in [0.3, 0.4) is 0 Å². The highest BCUT2D eigenvalue weighted by Crippen LogP contribution is 2.25. The number of halogens is 2. The van der Waals surface area contributed by atoms with Crippen molar-refractivity contribution in [2.24, 2.45) is 5.73 Å². The molecule has 0 aliphatic carbocycles. The molecule has 0 bridgehead atoms. The van der Waals surface area contributed by atoms with Crippen LogP contribution in [0.4, 0.5) is 4.39 Å². The second-order valence-corrected chi connectivity index (χ2v) is 5.81. The van der Waals surface area contributed by atoms with E-state index < -0.39 is 0 Å². The molecule has 2 rings (SSSR count). The number of benzene rings is 2.